The molecule has 1 fully saturated rings. The van der Waals surface area contributed by atoms with Gasteiger partial charge in [0.1, 0.15) is 0 Å². The molecule has 0 N–H and O–H groups in total. The summed E-state index contributed by atoms with van der Waals surface area (Å²) in [6, 6.07) is 0.504. The van der Waals surface area contributed by atoms with Crippen LogP contribution in [0.4, 0.5) is 0 Å². The Morgan fingerprint density at radius 2 is 2.09 bits per heavy atom. The predicted octanol–water partition coefficient (Wildman–Crippen LogP) is 1.32. The van der Waals surface area contributed by atoms with Crippen molar-refractivity contribution in [3.8, 4) is 0 Å². The lowest BCUT2D eigenvalue weighted by atomic mass is 10.1. The molecular weight excluding hydrogens is 138 g/mol. The molecule has 1 saturated heterocycles. The predicted molar refractivity (Wildman–Crippen MR) is 46.4 cm³/mol. The van der Waals surface area contributed by atoms with Crippen molar-refractivity contribution in [3.63, 3.8) is 0 Å². The zero-order chi connectivity index (χ0) is 8.10. The Hall–Kier alpha value is -0.0800. The standard InChI is InChI=1S/C9H18NO/c1-3-4-9(2)10-5-7-11-8-6-10/h9H,2-8H2,1H3. The summed E-state index contributed by atoms with van der Waals surface area (Å²) in [6.07, 6.45) is 2.44. The van der Waals surface area contributed by atoms with E-state index >= 15 is 0 Å². The van der Waals surface area contributed by atoms with E-state index in [1.807, 2.05) is 0 Å². The molecule has 0 aromatic heterocycles. The minimum Gasteiger partial charge on any atom is -0.379 e. The molecule has 1 aliphatic rings. The van der Waals surface area contributed by atoms with E-state index < -0.39 is 0 Å². The van der Waals surface area contributed by atoms with E-state index in [1.54, 1.807) is 0 Å². The molecule has 0 aromatic rings. The maximum absolute atomic E-state index is 5.26. The highest BCUT2D eigenvalue weighted by Gasteiger charge is 2.15. The first-order chi connectivity index (χ1) is 5.34. The Bertz CT molecular complexity index is 99.7. The Morgan fingerprint density at radius 3 is 2.64 bits per heavy atom. The SMILES string of the molecule is [CH2]C(CCC)N1CCOCC1. The van der Waals surface area contributed by atoms with Crippen LogP contribution >= 0.6 is 0 Å². The number of hydrogen-bond donors (Lipinski definition) is 0. The van der Waals surface area contributed by atoms with Gasteiger partial charge in [-0.15, -0.1) is 0 Å². The maximum Gasteiger partial charge on any atom is 0.0594 e. The summed E-state index contributed by atoms with van der Waals surface area (Å²) >= 11 is 0. The third-order valence-corrected chi connectivity index (χ3v) is 2.18. The van der Waals surface area contributed by atoms with Gasteiger partial charge in [-0.3, -0.25) is 4.90 Å². The maximum atomic E-state index is 5.26. The zero-order valence-corrected chi connectivity index (χ0v) is 7.38. The molecule has 1 radical (unpaired) electrons. The van der Waals surface area contributed by atoms with Crippen LogP contribution in [0.2, 0.25) is 0 Å². The van der Waals surface area contributed by atoms with Crippen molar-refractivity contribution in [1.29, 1.82) is 0 Å². The highest BCUT2D eigenvalue weighted by molar-refractivity contribution is 4.74. The van der Waals surface area contributed by atoms with Gasteiger partial charge in [0.25, 0.3) is 0 Å². The van der Waals surface area contributed by atoms with Crippen LogP contribution in [-0.4, -0.2) is 37.2 Å². The van der Waals surface area contributed by atoms with E-state index in [-0.39, 0.29) is 0 Å². The summed E-state index contributed by atoms with van der Waals surface area (Å²) in [5.74, 6) is 0. The zero-order valence-electron chi connectivity index (χ0n) is 7.38. The summed E-state index contributed by atoms with van der Waals surface area (Å²) in [4.78, 5) is 2.41. The molecule has 1 aliphatic heterocycles. The number of hydrogen-bond acceptors (Lipinski definition) is 2. The molecule has 11 heavy (non-hydrogen) atoms. The molecule has 0 saturated carbocycles. The van der Waals surface area contributed by atoms with Crippen molar-refractivity contribution in [2.75, 3.05) is 26.3 Å². The quantitative estimate of drug-likeness (QED) is 0.611. The molecule has 2 heteroatoms. The fraction of sp³-hybridized carbons (Fsp3) is 0.889. The lowest BCUT2D eigenvalue weighted by Crippen LogP contribution is -2.42. The average molecular weight is 156 g/mol. The van der Waals surface area contributed by atoms with Gasteiger partial charge in [0.15, 0.2) is 0 Å². The minimum atomic E-state index is 0.504. The van der Waals surface area contributed by atoms with Crippen molar-refractivity contribution in [3.05, 3.63) is 6.92 Å². The van der Waals surface area contributed by atoms with Crippen molar-refractivity contribution >= 4 is 0 Å². The van der Waals surface area contributed by atoms with Gasteiger partial charge in [-0.25, -0.2) is 0 Å². The highest BCUT2D eigenvalue weighted by atomic mass is 16.5. The molecule has 2 nitrogen and oxygen atoms in total. The van der Waals surface area contributed by atoms with Crippen molar-refractivity contribution < 1.29 is 4.74 Å². The van der Waals surface area contributed by atoms with Crippen molar-refractivity contribution in [2.24, 2.45) is 0 Å². The third kappa shape index (κ3) is 2.80. The molecule has 1 heterocycles. The van der Waals surface area contributed by atoms with Crippen LogP contribution in [0.15, 0.2) is 0 Å². The number of nitrogens with zero attached hydrogens (tertiary/aromatic N) is 1. The summed E-state index contributed by atoms with van der Waals surface area (Å²) in [6.45, 7) is 10.2. The molecule has 0 spiro atoms. The topological polar surface area (TPSA) is 12.5 Å². The fourth-order valence-corrected chi connectivity index (χ4v) is 1.46. The van der Waals surface area contributed by atoms with Gasteiger partial charge in [0, 0.05) is 19.1 Å². The van der Waals surface area contributed by atoms with Crippen LogP contribution in [0.25, 0.3) is 0 Å². The van der Waals surface area contributed by atoms with E-state index in [9.17, 15) is 0 Å². The van der Waals surface area contributed by atoms with Crippen LogP contribution in [-0.2, 0) is 4.74 Å². The summed E-state index contributed by atoms with van der Waals surface area (Å²) in [7, 11) is 0. The molecule has 65 valence electrons. The van der Waals surface area contributed by atoms with Crippen LogP contribution < -0.4 is 0 Å². The molecule has 0 aliphatic carbocycles. The van der Waals surface area contributed by atoms with Gasteiger partial charge < -0.3 is 4.74 Å². The van der Waals surface area contributed by atoms with Crippen LogP contribution in [0, 0.1) is 6.92 Å². The molecule has 0 bridgehead atoms. The first-order valence-electron chi connectivity index (χ1n) is 4.49. The van der Waals surface area contributed by atoms with Crippen LogP contribution in [0.5, 0.6) is 0 Å². The van der Waals surface area contributed by atoms with Gasteiger partial charge in [0.2, 0.25) is 0 Å². The largest absolute Gasteiger partial charge is 0.379 e. The van der Waals surface area contributed by atoms with Crippen molar-refractivity contribution in [1.82, 2.24) is 4.90 Å². The number of ether oxygens (including phenoxy) is 1. The first-order valence-corrected chi connectivity index (χ1v) is 4.49. The lowest BCUT2D eigenvalue weighted by Gasteiger charge is -2.31. The summed E-state index contributed by atoms with van der Waals surface area (Å²) in [5.41, 5.74) is 0. The van der Waals surface area contributed by atoms with Gasteiger partial charge >= 0.3 is 0 Å². The normalized spacial score (nSPS) is 23.5. The molecule has 0 amide bonds. The minimum absolute atomic E-state index is 0.504. The van der Waals surface area contributed by atoms with E-state index in [4.69, 9.17) is 4.74 Å². The first kappa shape index (κ1) is 9.01. The fourth-order valence-electron chi connectivity index (χ4n) is 1.46. The Balaban J connectivity index is 2.21. The number of morpholine rings is 1. The van der Waals surface area contributed by atoms with E-state index in [0.717, 1.165) is 26.3 Å². The van der Waals surface area contributed by atoms with Gasteiger partial charge in [-0.2, -0.15) is 0 Å². The molecular formula is C9H18NO. The van der Waals surface area contributed by atoms with Gasteiger partial charge in [-0.1, -0.05) is 13.3 Å². The second kappa shape index (κ2) is 4.73. The summed E-state index contributed by atoms with van der Waals surface area (Å²) in [5, 5.41) is 0. The Morgan fingerprint density at radius 1 is 1.45 bits per heavy atom. The van der Waals surface area contributed by atoms with Crippen LogP contribution in [0.1, 0.15) is 19.8 Å². The highest BCUT2D eigenvalue weighted by Crippen LogP contribution is 2.07. The second-order valence-corrected chi connectivity index (χ2v) is 3.09. The molecule has 1 unspecified atom stereocenters. The molecule has 1 atom stereocenters. The Labute approximate surface area is 69.5 Å². The number of rotatable bonds is 3. The van der Waals surface area contributed by atoms with Crippen LogP contribution in [0.3, 0.4) is 0 Å². The van der Waals surface area contributed by atoms with Gasteiger partial charge in [-0.05, 0) is 13.3 Å². The van der Waals surface area contributed by atoms with Crippen molar-refractivity contribution in [2.45, 2.75) is 25.8 Å². The van der Waals surface area contributed by atoms with Gasteiger partial charge in [0.05, 0.1) is 13.2 Å². The van der Waals surface area contributed by atoms with E-state index in [1.165, 1.54) is 12.8 Å². The molecule has 0 aromatic carbocycles. The third-order valence-electron chi connectivity index (χ3n) is 2.18. The smallest absolute Gasteiger partial charge is 0.0594 e. The van der Waals surface area contributed by atoms with E-state index in [0.29, 0.717) is 6.04 Å². The summed E-state index contributed by atoms with van der Waals surface area (Å²) < 4.78 is 5.26. The Kier molecular flexibility index (Phi) is 3.87. The van der Waals surface area contributed by atoms with E-state index in [2.05, 4.69) is 18.7 Å². The second-order valence-electron chi connectivity index (χ2n) is 3.09. The lowest BCUT2D eigenvalue weighted by molar-refractivity contribution is 0.0235. The molecule has 1 rings (SSSR count). The average Bonchev–Trinajstić information content (AvgIpc) is 2.07. The monoisotopic (exact) mass is 156 g/mol.